The van der Waals surface area contributed by atoms with E-state index < -0.39 is 4.92 Å². The normalized spacial score (nSPS) is 11.3. The molecule has 0 amide bonds. The molecule has 2 aromatic heterocycles. The molecule has 0 atom stereocenters. The average molecular weight is 510 g/mol. The molecule has 0 aliphatic carbocycles. The molecule has 0 spiro atoms. The van der Waals surface area contributed by atoms with E-state index in [1.807, 2.05) is 48.7 Å². The highest BCUT2D eigenvalue weighted by atomic mass is 35.5. The van der Waals surface area contributed by atoms with Crippen LogP contribution in [-0.4, -0.2) is 19.7 Å². The summed E-state index contributed by atoms with van der Waals surface area (Å²) < 4.78 is 1.77. The monoisotopic (exact) mass is 509 g/mol. The van der Waals surface area contributed by atoms with Crippen LogP contribution in [0.2, 0.25) is 5.02 Å². The summed E-state index contributed by atoms with van der Waals surface area (Å²) in [6.45, 7) is 0. The van der Waals surface area contributed by atoms with E-state index in [1.54, 1.807) is 40.4 Å². The molecule has 0 saturated heterocycles. The number of rotatable bonds is 6. The Morgan fingerprint density at radius 3 is 2.56 bits per heavy atom. The Bertz CT molecular complexity index is 1630. The van der Waals surface area contributed by atoms with Crippen LogP contribution in [0.15, 0.2) is 90.4 Å². The zero-order valence-electron chi connectivity index (χ0n) is 18.6. The first kappa shape index (κ1) is 23.2. The molecule has 0 saturated carbocycles. The van der Waals surface area contributed by atoms with Crippen LogP contribution in [0.1, 0.15) is 10.6 Å². The van der Waals surface area contributed by atoms with E-state index in [0.717, 1.165) is 16.8 Å². The molecule has 0 aliphatic heterocycles. The van der Waals surface area contributed by atoms with Crippen molar-refractivity contribution < 1.29 is 4.92 Å². The molecule has 3 aromatic carbocycles. The molecule has 0 bridgehead atoms. The van der Waals surface area contributed by atoms with Crippen LogP contribution >= 0.6 is 22.9 Å². The second-order valence-electron chi connectivity index (χ2n) is 7.74. The fourth-order valence-electron chi connectivity index (χ4n) is 3.64. The summed E-state index contributed by atoms with van der Waals surface area (Å²) in [6.07, 6.45) is 3.62. The standard InChI is InChI=1S/C27H16ClN5O2S/c28-22-11-9-18(10-12-22)26-21(16-32(31-26)23-6-2-1-3-7-23)13-20(15-29)27-30-25(17-36-27)19-5-4-8-24(14-19)33(34)35/h1-14,16-17H/b20-13+. The topological polar surface area (TPSA) is 97.6 Å². The minimum absolute atomic E-state index is 0.0148. The molecule has 0 aliphatic rings. The summed E-state index contributed by atoms with van der Waals surface area (Å²) in [7, 11) is 0. The van der Waals surface area contributed by atoms with Crippen molar-refractivity contribution in [2.75, 3.05) is 0 Å². The third-order valence-corrected chi connectivity index (χ3v) is 6.52. The Morgan fingerprint density at radius 2 is 1.83 bits per heavy atom. The predicted octanol–water partition coefficient (Wildman–Crippen LogP) is 7.29. The van der Waals surface area contributed by atoms with Gasteiger partial charge in [0.25, 0.3) is 5.69 Å². The van der Waals surface area contributed by atoms with Crippen LogP contribution in [0.3, 0.4) is 0 Å². The van der Waals surface area contributed by atoms with E-state index in [2.05, 4.69) is 11.1 Å². The molecular formula is C27H16ClN5O2S. The summed E-state index contributed by atoms with van der Waals surface area (Å²) in [5.74, 6) is 0. The maximum atomic E-state index is 11.1. The number of para-hydroxylation sites is 1. The third kappa shape index (κ3) is 4.79. The molecule has 7 nitrogen and oxygen atoms in total. The van der Waals surface area contributed by atoms with Gasteiger partial charge in [0.2, 0.25) is 0 Å². The van der Waals surface area contributed by atoms with Gasteiger partial charge in [-0.15, -0.1) is 11.3 Å². The lowest BCUT2D eigenvalue weighted by molar-refractivity contribution is -0.384. The van der Waals surface area contributed by atoms with Gasteiger partial charge in [-0.2, -0.15) is 10.4 Å². The SMILES string of the molecule is N#C/C(=C\c1cn(-c2ccccc2)nc1-c1ccc(Cl)cc1)c1nc(-c2cccc([N+](=O)[O-])c2)cs1. The van der Waals surface area contributed by atoms with Crippen LogP contribution in [0.25, 0.3) is 39.9 Å². The molecule has 36 heavy (non-hydrogen) atoms. The van der Waals surface area contributed by atoms with Crippen molar-refractivity contribution in [2.24, 2.45) is 0 Å². The minimum Gasteiger partial charge on any atom is -0.258 e. The number of nitro groups is 1. The van der Waals surface area contributed by atoms with E-state index in [-0.39, 0.29) is 5.69 Å². The molecule has 0 radical (unpaired) electrons. The summed E-state index contributed by atoms with van der Waals surface area (Å²) >= 11 is 7.38. The fourth-order valence-corrected chi connectivity index (χ4v) is 4.56. The lowest BCUT2D eigenvalue weighted by atomic mass is 10.1. The van der Waals surface area contributed by atoms with Crippen molar-refractivity contribution in [3.63, 3.8) is 0 Å². The Labute approximate surface area is 215 Å². The molecular weight excluding hydrogens is 494 g/mol. The van der Waals surface area contributed by atoms with E-state index in [9.17, 15) is 15.4 Å². The van der Waals surface area contributed by atoms with Crippen LogP contribution in [0, 0.1) is 21.4 Å². The molecule has 5 rings (SSSR count). The maximum Gasteiger partial charge on any atom is 0.270 e. The van der Waals surface area contributed by atoms with Crippen LogP contribution in [0.4, 0.5) is 5.69 Å². The van der Waals surface area contributed by atoms with Gasteiger partial charge in [0.15, 0.2) is 0 Å². The average Bonchev–Trinajstić information content (AvgIpc) is 3.56. The fraction of sp³-hybridized carbons (Fsp3) is 0. The van der Waals surface area contributed by atoms with Gasteiger partial charge in [-0.1, -0.05) is 54.1 Å². The highest BCUT2D eigenvalue weighted by Gasteiger charge is 2.16. The van der Waals surface area contributed by atoms with Crippen molar-refractivity contribution in [1.29, 1.82) is 5.26 Å². The number of nitriles is 1. The van der Waals surface area contributed by atoms with Gasteiger partial charge in [0.05, 0.1) is 27.6 Å². The first-order chi connectivity index (χ1) is 17.5. The van der Waals surface area contributed by atoms with Crippen molar-refractivity contribution in [2.45, 2.75) is 0 Å². The lowest BCUT2D eigenvalue weighted by Gasteiger charge is -2.01. The van der Waals surface area contributed by atoms with Gasteiger partial charge < -0.3 is 0 Å². The number of thiazole rings is 1. The molecule has 0 unspecified atom stereocenters. The molecule has 174 valence electrons. The van der Waals surface area contributed by atoms with Gasteiger partial charge in [-0.3, -0.25) is 10.1 Å². The Hall–Kier alpha value is -4.58. The zero-order valence-corrected chi connectivity index (χ0v) is 20.1. The number of nitrogens with zero attached hydrogens (tertiary/aromatic N) is 5. The number of nitro benzene ring substituents is 1. The van der Waals surface area contributed by atoms with E-state index >= 15 is 0 Å². The Morgan fingerprint density at radius 1 is 1.06 bits per heavy atom. The van der Waals surface area contributed by atoms with E-state index in [0.29, 0.717) is 32.6 Å². The van der Waals surface area contributed by atoms with Gasteiger partial charge in [-0.25, -0.2) is 9.67 Å². The largest absolute Gasteiger partial charge is 0.270 e. The van der Waals surface area contributed by atoms with Gasteiger partial charge in [-0.05, 0) is 30.3 Å². The van der Waals surface area contributed by atoms with Gasteiger partial charge in [0, 0.05) is 45.4 Å². The van der Waals surface area contributed by atoms with Gasteiger partial charge in [0.1, 0.15) is 11.1 Å². The second-order valence-corrected chi connectivity index (χ2v) is 9.03. The second kappa shape index (κ2) is 9.96. The van der Waals surface area contributed by atoms with Crippen molar-refractivity contribution >= 4 is 40.3 Å². The maximum absolute atomic E-state index is 11.1. The number of hydrogen-bond donors (Lipinski definition) is 0. The number of non-ortho nitro benzene ring substituents is 1. The number of hydrogen-bond acceptors (Lipinski definition) is 6. The van der Waals surface area contributed by atoms with Gasteiger partial charge >= 0.3 is 0 Å². The van der Waals surface area contributed by atoms with Crippen LogP contribution in [0.5, 0.6) is 0 Å². The van der Waals surface area contributed by atoms with E-state index in [4.69, 9.17) is 16.7 Å². The Kier molecular flexibility index (Phi) is 6.41. The van der Waals surface area contributed by atoms with Crippen molar-refractivity contribution in [1.82, 2.24) is 14.8 Å². The zero-order chi connectivity index (χ0) is 25.1. The Balaban J connectivity index is 1.57. The minimum atomic E-state index is -0.444. The summed E-state index contributed by atoms with van der Waals surface area (Å²) in [6, 6.07) is 25.6. The number of allylic oxidation sites excluding steroid dienone is 1. The quantitative estimate of drug-likeness (QED) is 0.136. The number of benzene rings is 3. The molecule has 9 heteroatoms. The summed E-state index contributed by atoms with van der Waals surface area (Å²) in [5.41, 5.74) is 4.70. The van der Waals surface area contributed by atoms with E-state index in [1.165, 1.54) is 23.5 Å². The van der Waals surface area contributed by atoms with Crippen LogP contribution < -0.4 is 0 Å². The number of halogens is 1. The number of aromatic nitrogens is 3. The molecule has 0 fully saturated rings. The first-order valence-electron chi connectivity index (χ1n) is 10.8. The van der Waals surface area contributed by atoms with Crippen molar-refractivity contribution in [3.8, 4) is 34.3 Å². The molecule has 2 heterocycles. The van der Waals surface area contributed by atoms with Crippen LogP contribution in [-0.2, 0) is 0 Å². The first-order valence-corrected chi connectivity index (χ1v) is 12.0. The lowest BCUT2D eigenvalue weighted by Crippen LogP contribution is -1.93. The molecule has 5 aromatic rings. The summed E-state index contributed by atoms with van der Waals surface area (Å²) in [4.78, 5) is 15.3. The third-order valence-electron chi connectivity index (χ3n) is 5.39. The highest BCUT2D eigenvalue weighted by molar-refractivity contribution is 7.11. The summed E-state index contributed by atoms with van der Waals surface area (Å²) in [5, 5.41) is 28.8. The predicted molar refractivity (Wildman–Crippen MR) is 142 cm³/mol. The smallest absolute Gasteiger partial charge is 0.258 e. The molecule has 0 N–H and O–H groups in total. The highest BCUT2D eigenvalue weighted by Crippen LogP contribution is 2.32. The van der Waals surface area contributed by atoms with Crippen molar-refractivity contribution in [3.05, 3.63) is 116 Å².